The quantitative estimate of drug-likeness (QED) is 0.914. The Hall–Kier alpha value is -1.06. The third-order valence-corrected chi connectivity index (χ3v) is 4.53. The van der Waals surface area contributed by atoms with Crippen molar-refractivity contribution < 1.29 is 9.90 Å². The van der Waals surface area contributed by atoms with Crippen LogP contribution in [0.25, 0.3) is 0 Å². The first-order valence-corrected chi connectivity index (χ1v) is 6.16. The lowest BCUT2D eigenvalue weighted by Crippen LogP contribution is -2.37. The van der Waals surface area contributed by atoms with Crippen molar-refractivity contribution in [3.63, 3.8) is 0 Å². The van der Waals surface area contributed by atoms with Gasteiger partial charge in [0.25, 0.3) is 0 Å². The zero-order chi connectivity index (χ0) is 12.0. The number of likely N-dealkylation sites (tertiary alicyclic amines) is 1. The molecule has 1 aliphatic carbocycles. The SMILES string of the molecule is C[C@@H]1N(Cc2ccccc2)C[C@H]2C[C@]21C(=O)O.Cl. The minimum Gasteiger partial charge on any atom is -0.481 e. The van der Waals surface area contributed by atoms with Gasteiger partial charge in [-0.15, -0.1) is 12.4 Å². The fraction of sp³-hybridized carbons (Fsp3) is 0.500. The monoisotopic (exact) mass is 267 g/mol. The zero-order valence-corrected chi connectivity index (χ0v) is 11.2. The van der Waals surface area contributed by atoms with Gasteiger partial charge in [-0.3, -0.25) is 9.69 Å². The van der Waals surface area contributed by atoms with Crippen molar-refractivity contribution in [2.75, 3.05) is 6.54 Å². The molecule has 1 saturated heterocycles. The van der Waals surface area contributed by atoms with Gasteiger partial charge in [-0.25, -0.2) is 0 Å². The molecule has 0 unspecified atom stereocenters. The summed E-state index contributed by atoms with van der Waals surface area (Å²) in [4.78, 5) is 13.6. The lowest BCUT2D eigenvalue weighted by molar-refractivity contribution is -0.145. The van der Waals surface area contributed by atoms with E-state index in [4.69, 9.17) is 0 Å². The predicted molar refractivity (Wildman–Crippen MR) is 71.7 cm³/mol. The van der Waals surface area contributed by atoms with Crippen LogP contribution in [-0.4, -0.2) is 28.6 Å². The first kappa shape index (κ1) is 13.4. The first-order chi connectivity index (χ1) is 8.14. The molecule has 0 spiro atoms. The molecule has 98 valence electrons. The number of halogens is 1. The van der Waals surface area contributed by atoms with E-state index in [0.717, 1.165) is 19.5 Å². The van der Waals surface area contributed by atoms with E-state index in [0.29, 0.717) is 5.92 Å². The molecule has 1 N–H and O–H groups in total. The average Bonchev–Trinajstić information content (AvgIpc) is 2.98. The molecule has 18 heavy (non-hydrogen) atoms. The van der Waals surface area contributed by atoms with Gasteiger partial charge in [-0.2, -0.15) is 0 Å². The molecule has 3 nitrogen and oxygen atoms in total. The molecular formula is C14H18ClNO2. The molecule has 0 bridgehead atoms. The number of nitrogens with zero attached hydrogens (tertiary/aromatic N) is 1. The second-order valence-electron chi connectivity index (χ2n) is 5.34. The topological polar surface area (TPSA) is 40.5 Å². The molecule has 0 amide bonds. The van der Waals surface area contributed by atoms with Crippen molar-refractivity contribution in [3.05, 3.63) is 35.9 Å². The second kappa shape index (κ2) is 4.56. The van der Waals surface area contributed by atoms with Gasteiger partial charge in [0.1, 0.15) is 0 Å². The molecule has 1 saturated carbocycles. The van der Waals surface area contributed by atoms with E-state index in [1.165, 1.54) is 5.56 Å². The van der Waals surface area contributed by atoms with Crippen LogP contribution in [0.3, 0.4) is 0 Å². The highest BCUT2D eigenvalue weighted by Gasteiger charge is 2.69. The van der Waals surface area contributed by atoms with Crippen LogP contribution in [0.15, 0.2) is 30.3 Å². The fourth-order valence-electron chi connectivity index (χ4n) is 3.31. The fourth-order valence-corrected chi connectivity index (χ4v) is 3.31. The molecule has 0 aromatic heterocycles. The summed E-state index contributed by atoms with van der Waals surface area (Å²) in [6.07, 6.45) is 0.870. The van der Waals surface area contributed by atoms with E-state index >= 15 is 0 Å². The van der Waals surface area contributed by atoms with Crippen LogP contribution in [0.4, 0.5) is 0 Å². The number of hydrogen-bond acceptors (Lipinski definition) is 2. The number of hydrogen-bond donors (Lipinski definition) is 1. The highest BCUT2D eigenvalue weighted by atomic mass is 35.5. The van der Waals surface area contributed by atoms with Gasteiger partial charge in [-0.05, 0) is 24.8 Å². The molecule has 0 radical (unpaired) electrons. The van der Waals surface area contributed by atoms with Gasteiger partial charge < -0.3 is 5.11 Å². The molecule has 3 atom stereocenters. The van der Waals surface area contributed by atoms with Crippen molar-refractivity contribution in [2.45, 2.75) is 25.9 Å². The van der Waals surface area contributed by atoms with Crippen LogP contribution < -0.4 is 0 Å². The summed E-state index contributed by atoms with van der Waals surface area (Å²) in [5, 5.41) is 9.34. The standard InChI is InChI=1S/C14H17NO2.ClH/c1-10-14(13(16)17)7-12(14)9-15(10)8-11-5-3-2-4-6-11;/h2-6,10,12H,7-9H2,1H3,(H,16,17);1H/t10-,12+,14+;/m0./s1. The Morgan fingerprint density at radius 3 is 2.67 bits per heavy atom. The summed E-state index contributed by atoms with van der Waals surface area (Å²) in [5.41, 5.74) is 0.829. The number of carboxylic acid groups (broad SMARTS) is 1. The second-order valence-corrected chi connectivity index (χ2v) is 5.34. The van der Waals surface area contributed by atoms with Crippen LogP contribution in [0.1, 0.15) is 18.9 Å². The van der Waals surface area contributed by atoms with Gasteiger partial charge >= 0.3 is 5.97 Å². The Labute approximate surface area is 113 Å². The summed E-state index contributed by atoms with van der Waals surface area (Å²) in [6.45, 7) is 3.86. The highest BCUT2D eigenvalue weighted by Crippen LogP contribution is 2.61. The summed E-state index contributed by atoms with van der Waals surface area (Å²) in [5.74, 6) is -0.232. The summed E-state index contributed by atoms with van der Waals surface area (Å²) < 4.78 is 0. The van der Waals surface area contributed by atoms with Crippen molar-refractivity contribution in [1.29, 1.82) is 0 Å². The number of carboxylic acids is 1. The van der Waals surface area contributed by atoms with Crippen LogP contribution in [-0.2, 0) is 11.3 Å². The third-order valence-electron chi connectivity index (χ3n) is 4.53. The Morgan fingerprint density at radius 2 is 2.11 bits per heavy atom. The van der Waals surface area contributed by atoms with Gasteiger partial charge in [-0.1, -0.05) is 30.3 Å². The number of rotatable bonds is 3. The molecule has 2 fully saturated rings. The third kappa shape index (κ3) is 1.82. The van der Waals surface area contributed by atoms with E-state index in [9.17, 15) is 9.90 Å². The van der Waals surface area contributed by atoms with Gasteiger partial charge in [0.15, 0.2) is 0 Å². The molecular weight excluding hydrogens is 250 g/mol. The minimum absolute atomic E-state index is 0. The van der Waals surface area contributed by atoms with E-state index < -0.39 is 11.4 Å². The largest absolute Gasteiger partial charge is 0.481 e. The van der Waals surface area contributed by atoms with Gasteiger partial charge in [0.2, 0.25) is 0 Å². The molecule has 4 heteroatoms. The van der Waals surface area contributed by atoms with Crippen molar-refractivity contribution in [2.24, 2.45) is 11.3 Å². The minimum atomic E-state index is -0.606. The molecule has 1 aromatic rings. The van der Waals surface area contributed by atoms with Crippen LogP contribution in [0, 0.1) is 11.3 Å². The van der Waals surface area contributed by atoms with Crippen LogP contribution in [0.5, 0.6) is 0 Å². The smallest absolute Gasteiger partial charge is 0.311 e. The van der Waals surface area contributed by atoms with E-state index in [1.54, 1.807) is 0 Å². The predicted octanol–water partition coefficient (Wildman–Crippen LogP) is 2.40. The Bertz CT molecular complexity index is 450. The summed E-state index contributed by atoms with van der Waals surface area (Å²) in [7, 11) is 0. The number of piperidine rings is 1. The lowest BCUT2D eigenvalue weighted by Gasteiger charge is -2.27. The van der Waals surface area contributed by atoms with Gasteiger partial charge in [0, 0.05) is 19.1 Å². The van der Waals surface area contributed by atoms with E-state index in [-0.39, 0.29) is 18.4 Å². The molecule has 1 aliphatic heterocycles. The zero-order valence-electron chi connectivity index (χ0n) is 10.4. The summed E-state index contributed by atoms with van der Waals surface area (Å²) >= 11 is 0. The first-order valence-electron chi connectivity index (χ1n) is 6.16. The van der Waals surface area contributed by atoms with Crippen LogP contribution in [0.2, 0.25) is 0 Å². The number of aliphatic carboxylic acids is 1. The maximum absolute atomic E-state index is 11.3. The maximum atomic E-state index is 11.3. The molecule has 1 aromatic carbocycles. The lowest BCUT2D eigenvalue weighted by atomic mass is 9.98. The Kier molecular flexibility index (Phi) is 3.39. The molecule has 3 rings (SSSR count). The summed E-state index contributed by atoms with van der Waals surface area (Å²) in [6, 6.07) is 10.4. The van der Waals surface area contributed by atoms with E-state index in [2.05, 4.69) is 24.0 Å². The average molecular weight is 268 g/mol. The van der Waals surface area contributed by atoms with Crippen molar-refractivity contribution in [3.8, 4) is 0 Å². The highest BCUT2D eigenvalue weighted by molar-refractivity contribution is 5.85. The van der Waals surface area contributed by atoms with Gasteiger partial charge in [0.05, 0.1) is 5.41 Å². The Balaban J connectivity index is 0.00000120. The number of benzene rings is 1. The maximum Gasteiger partial charge on any atom is 0.311 e. The molecule has 2 aliphatic rings. The Morgan fingerprint density at radius 1 is 1.44 bits per heavy atom. The van der Waals surface area contributed by atoms with Crippen LogP contribution >= 0.6 is 12.4 Å². The number of carbonyl (C=O) groups is 1. The normalized spacial score (nSPS) is 33.6. The van der Waals surface area contributed by atoms with Crippen molar-refractivity contribution >= 4 is 18.4 Å². The van der Waals surface area contributed by atoms with E-state index in [1.807, 2.05) is 18.2 Å². The van der Waals surface area contributed by atoms with Crippen molar-refractivity contribution in [1.82, 2.24) is 4.90 Å². The molecule has 1 heterocycles. The number of fused-ring (bicyclic) bond motifs is 1.